The Bertz CT molecular complexity index is 573. The van der Waals surface area contributed by atoms with E-state index in [1.54, 1.807) is 15.7 Å². The van der Waals surface area contributed by atoms with Crippen molar-refractivity contribution in [3.63, 3.8) is 0 Å². The lowest BCUT2D eigenvalue weighted by Gasteiger charge is -2.43. The van der Waals surface area contributed by atoms with E-state index in [9.17, 15) is 4.79 Å². The molecule has 8 nitrogen and oxygen atoms in total. The van der Waals surface area contributed by atoms with Crippen LogP contribution in [0.4, 0.5) is 4.79 Å². The smallest absolute Gasteiger partial charge is 0.410 e. The number of rotatable bonds is 1. The summed E-state index contributed by atoms with van der Waals surface area (Å²) in [5.41, 5.74) is 0.727. The molecule has 0 aromatic carbocycles. The maximum atomic E-state index is 12.3. The summed E-state index contributed by atoms with van der Waals surface area (Å²) >= 11 is 1.53. The number of aliphatic imine (C=N–C) groups is 1. The molecule has 0 radical (unpaired) electrons. The summed E-state index contributed by atoms with van der Waals surface area (Å²) in [6.07, 6.45) is 1.50. The lowest BCUT2D eigenvalue weighted by atomic mass is 10.1. The van der Waals surface area contributed by atoms with Crippen LogP contribution in [0.15, 0.2) is 16.4 Å². The van der Waals surface area contributed by atoms with E-state index in [1.807, 2.05) is 20.8 Å². The molecule has 3 aliphatic heterocycles. The minimum atomic E-state index is -0.470. The van der Waals surface area contributed by atoms with Gasteiger partial charge in [0.05, 0.1) is 12.9 Å². The largest absolute Gasteiger partial charge is 0.444 e. The third-order valence-electron chi connectivity index (χ3n) is 4.14. The van der Waals surface area contributed by atoms with Gasteiger partial charge in [0.1, 0.15) is 16.8 Å². The van der Waals surface area contributed by atoms with E-state index >= 15 is 0 Å². The highest BCUT2D eigenvalue weighted by molar-refractivity contribution is 7.98. The Morgan fingerprint density at radius 2 is 2.21 bits per heavy atom. The molecular formula is C15H26N6O2S. The SMILES string of the molecule is C[C@H]1CN(C(=O)OC(C)(C)C)CCN1C1=C2CN(N)SC2N=CN1. The first-order valence-corrected chi connectivity index (χ1v) is 9.03. The number of hydrogen-bond donors (Lipinski definition) is 2. The number of nitrogens with two attached hydrogens (primary N) is 1. The van der Waals surface area contributed by atoms with Crippen molar-refractivity contribution >= 4 is 24.4 Å². The first-order chi connectivity index (χ1) is 11.2. The van der Waals surface area contributed by atoms with Crippen molar-refractivity contribution in [2.45, 2.75) is 44.7 Å². The van der Waals surface area contributed by atoms with Crippen molar-refractivity contribution in [1.82, 2.24) is 19.5 Å². The van der Waals surface area contributed by atoms with Crippen LogP contribution in [-0.4, -0.2) is 69.8 Å². The maximum absolute atomic E-state index is 12.3. The Hall–Kier alpha value is -1.45. The molecule has 0 spiro atoms. The Kier molecular flexibility index (Phi) is 4.67. The fraction of sp³-hybridized carbons (Fsp3) is 0.733. The Labute approximate surface area is 147 Å². The number of fused-ring (bicyclic) bond motifs is 1. The molecule has 2 saturated heterocycles. The van der Waals surface area contributed by atoms with Crippen molar-refractivity contribution in [3.05, 3.63) is 11.4 Å². The van der Waals surface area contributed by atoms with Crippen LogP contribution in [0.1, 0.15) is 27.7 Å². The highest BCUT2D eigenvalue weighted by Gasteiger charge is 2.36. The van der Waals surface area contributed by atoms with Gasteiger partial charge in [0, 0.05) is 31.2 Å². The highest BCUT2D eigenvalue weighted by atomic mass is 32.2. The second kappa shape index (κ2) is 6.45. The summed E-state index contributed by atoms with van der Waals surface area (Å²) in [6.45, 7) is 10.5. The van der Waals surface area contributed by atoms with Crippen LogP contribution in [-0.2, 0) is 4.74 Å². The van der Waals surface area contributed by atoms with E-state index in [4.69, 9.17) is 10.6 Å². The van der Waals surface area contributed by atoms with Gasteiger partial charge < -0.3 is 19.9 Å². The zero-order valence-electron chi connectivity index (χ0n) is 14.7. The van der Waals surface area contributed by atoms with Crippen LogP contribution in [0.3, 0.4) is 0 Å². The fourth-order valence-corrected chi connectivity index (χ4v) is 3.99. The second-order valence-corrected chi connectivity index (χ2v) is 8.42. The molecule has 0 aromatic heterocycles. The molecule has 2 atom stereocenters. The molecule has 3 rings (SSSR count). The molecule has 3 N–H and O–H groups in total. The lowest BCUT2D eigenvalue weighted by Crippen LogP contribution is -2.56. The van der Waals surface area contributed by atoms with Crippen LogP contribution < -0.4 is 11.2 Å². The normalized spacial score (nSPS) is 28.0. The summed E-state index contributed by atoms with van der Waals surface area (Å²) in [6, 6.07) is 0.185. The summed E-state index contributed by atoms with van der Waals surface area (Å²) in [7, 11) is 0. The number of carbonyl (C=O) groups excluding carboxylic acids is 1. The molecule has 0 aliphatic carbocycles. The number of piperazine rings is 1. The van der Waals surface area contributed by atoms with Crippen molar-refractivity contribution in [2.75, 3.05) is 26.2 Å². The standard InChI is InChI=1S/C15H26N6O2S/c1-10-7-19(14(22)23-15(2,3)4)5-6-20(10)12-11-8-21(16)24-13(11)18-9-17-12/h9-10,13H,5-8,16H2,1-4H3,(H,17,18)/t10-,13?/m0/s1. The number of amides is 1. The second-order valence-electron chi connectivity index (χ2n) is 7.30. The van der Waals surface area contributed by atoms with Crippen LogP contribution in [0.5, 0.6) is 0 Å². The van der Waals surface area contributed by atoms with E-state index in [0.29, 0.717) is 19.6 Å². The Morgan fingerprint density at radius 1 is 1.46 bits per heavy atom. The third-order valence-corrected chi connectivity index (χ3v) is 5.15. The van der Waals surface area contributed by atoms with Gasteiger partial charge in [-0.2, -0.15) is 4.41 Å². The summed E-state index contributed by atoms with van der Waals surface area (Å²) in [5.74, 6) is 6.99. The van der Waals surface area contributed by atoms with Crippen LogP contribution in [0.2, 0.25) is 0 Å². The first kappa shape index (κ1) is 17.4. The van der Waals surface area contributed by atoms with Gasteiger partial charge in [-0.1, -0.05) is 0 Å². The van der Waals surface area contributed by atoms with Gasteiger partial charge in [0.2, 0.25) is 0 Å². The molecule has 3 heterocycles. The van der Waals surface area contributed by atoms with Crippen LogP contribution in [0.25, 0.3) is 0 Å². The van der Waals surface area contributed by atoms with Gasteiger partial charge in [-0.25, -0.2) is 4.79 Å². The zero-order valence-corrected chi connectivity index (χ0v) is 15.5. The van der Waals surface area contributed by atoms with Crippen LogP contribution >= 0.6 is 11.9 Å². The third kappa shape index (κ3) is 3.62. The van der Waals surface area contributed by atoms with Crippen molar-refractivity contribution in [1.29, 1.82) is 0 Å². The predicted molar refractivity (Wildman–Crippen MR) is 94.9 cm³/mol. The molecule has 3 aliphatic rings. The number of nitrogens with one attached hydrogen (secondary N) is 1. The molecular weight excluding hydrogens is 328 g/mol. The van der Waals surface area contributed by atoms with Gasteiger partial charge in [0.15, 0.2) is 0 Å². The molecule has 1 unspecified atom stereocenters. The van der Waals surface area contributed by atoms with Gasteiger partial charge in [-0.3, -0.25) is 10.8 Å². The van der Waals surface area contributed by atoms with E-state index in [2.05, 4.69) is 22.1 Å². The predicted octanol–water partition coefficient (Wildman–Crippen LogP) is 0.934. The maximum Gasteiger partial charge on any atom is 0.410 e. The molecule has 0 saturated carbocycles. The summed E-state index contributed by atoms with van der Waals surface area (Å²) in [5, 5.41) is 3.33. The summed E-state index contributed by atoms with van der Waals surface area (Å²) < 4.78 is 7.20. The minimum Gasteiger partial charge on any atom is -0.444 e. The number of hydrogen-bond acceptors (Lipinski definition) is 8. The molecule has 134 valence electrons. The first-order valence-electron chi connectivity index (χ1n) is 8.19. The average Bonchev–Trinajstić information content (AvgIpc) is 2.85. The quantitative estimate of drug-likeness (QED) is 0.535. The number of ether oxygens (including phenoxy) is 1. The van der Waals surface area contributed by atoms with E-state index in [-0.39, 0.29) is 17.5 Å². The van der Waals surface area contributed by atoms with Gasteiger partial charge in [-0.15, -0.1) is 0 Å². The zero-order chi connectivity index (χ0) is 17.5. The van der Waals surface area contributed by atoms with E-state index in [0.717, 1.165) is 12.4 Å². The Morgan fingerprint density at radius 3 is 2.88 bits per heavy atom. The molecule has 24 heavy (non-hydrogen) atoms. The van der Waals surface area contributed by atoms with Crippen molar-refractivity contribution < 1.29 is 9.53 Å². The van der Waals surface area contributed by atoms with Gasteiger partial charge in [-0.05, 0) is 39.6 Å². The molecule has 0 aromatic rings. The molecule has 2 fully saturated rings. The van der Waals surface area contributed by atoms with Crippen molar-refractivity contribution in [2.24, 2.45) is 10.8 Å². The topological polar surface area (TPSA) is 86.4 Å². The number of hydrazine groups is 1. The molecule has 9 heteroatoms. The molecule has 0 bridgehead atoms. The Balaban J connectivity index is 1.68. The number of carbonyl (C=O) groups is 1. The minimum absolute atomic E-state index is 0.0577. The van der Waals surface area contributed by atoms with Gasteiger partial charge in [0.25, 0.3) is 0 Å². The monoisotopic (exact) mass is 354 g/mol. The van der Waals surface area contributed by atoms with Crippen molar-refractivity contribution in [3.8, 4) is 0 Å². The van der Waals surface area contributed by atoms with Crippen LogP contribution in [0, 0.1) is 0 Å². The fourth-order valence-electron chi connectivity index (χ4n) is 3.09. The van der Waals surface area contributed by atoms with E-state index in [1.165, 1.54) is 17.5 Å². The average molecular weight is 354 g/mol. The number of nitrogens with zero attached hydrogens (tertiary/aromatic N) is 4. The summed E-state index contributed by atoms with van der Waals surface area (Å²) in [4.78, 5) is 20.8. The highest BCUT2D eigenvalue weighted by Crippen LogP contribution is 2.35. The lowest BCUT2D eigenvalue weighted by molar-refractivity contribution is 0.00946. The molecule has 1 amide bonds. The van der Waals surface area contributed by atoms with E-state index < -0.39 is 5.60 Å². The van der Waals surface area contributed by atoms with Gasteiger partial charge >= 0.3 is 6.09 Å².